The monoisotopic (exact) mass is 296 g/mol. The Morgan fingerprint density at radius 2 is 2.32 bits per heavy atom. The van der Waals surface area contributed by atoms with Crippen molar-refractivity contribution in [3.05, 3.63) is 21.9 Å². The Hall–Kier alpha value is -0.520. The fraction of sp³-hybridized carbons (Fsp3) is 0.643. The third-order valence-corrected chi connectivity index (χ3v) is 6.44. The van der Waals surface area contributed by atoms with Crippen LogP contribution in [0.25, 0.3) is 0 Å². The fourth-order valence-corrected chi connectivity index (χ4v) is 5.23. The lowest BCUT2D eigenvalue weighted by molar-refractivity contribution is -0.134. The number of thiophene rings is 1. The molecule has 0 radical (unpaired) electrons. The second-order valence-electron chi connectivity index (χ2n) is 5.31. The first-order chi connectivity index (χ1) is 9.18. The number of hydrogen-bond donors (Lipinski definition) is 1. The van der Waals surface area contributed by atoms with E-state index < -0.39 is 0 Å². The quantitative estimate of drug-likeness (QED) is 0.863. The van der Waals surface area contributed by atoms with E-state index in [1.54, 1.807) is 11.3 Å². The molecular weight excluding hydrogens is 276 g/mol. The maximum absolute atomic E-state index is 12.9. The van der Waals surface area contributed by atoms with Gasteiger partial charge in [-0.2, -0.15) is 0 Å². The van der Waals surface area contributed by atoms with E-state index in [0.29, 0.717) is 11.9 Å². The van der Waals surface area contributed by atoms with E-state index in [4.69, 9.17) is 0 Å². The zero-order valence-electron chi connectivity index (χ0n) is 11.4. The maximum atomic E-state index is 12.9. The van der Waals surface area contributed by atoms with Gasteiger partial charge in [-0.3, -0.25) is 4.79 Å². The summed E-state index contributed by atoms with van der Waals surface area (Å²) >= 11 is 3.61. The Bertz CT molecular complexity index is 474. The molecule has 3 unspecified atom stereocenters. The van der Waals surface area contributed by atoms with Crippen molar-refractivity contribution in [1.29, 1.82) is 0 Å². The van der Waals surface area contributed by atoms with Gasteiger partial charge in [0.15, 0.2) is 0 Å². The maximum Gasteiger partial charge on any atom is 0.240 e. The van der Waals surface area contributed by atoms with Gasteiger partial charge < -0.3 is 10.2 Å². The van der Waals surface area contributed by atoms with Crippen molar-refractivity contribution in [3.63, 3.8) is 0 Å². The number of fused-ring (bicyclic) bond motifs is 1. The largest absolute Gasteiger partial charge is 0.336 e. The molecule has 1 saturated heterocycles. The van der Waals surface area contributed by atoms with Gasteiger partial charge in [0.25, 0.3) is 0 Å². The SMILES string of the molecule is CC1NCCN(C(=O)C2SCCc3sccc32)C1C. The summed E-state index contributed by atoms with van der Waals surface area (Å²) in [4.78, 5) is 16.3. The van der Waals surface area contributed by atoms with Gasteiger partial charge in [-0.15, -0.1) is 23.1 Å². The van der Waals surface area contributed by atoms with Gasteiger partial charge in [-0.25, -0.2) is 0 Å². The van der Waals surface area contributed by atoms with Crippen LogP contribution in [0.15, 0.2) is 11.4 Å². The summed E-state index contributed by atoms with van der Waals surface area (Å²) in [5.74, 6) is 1.38. The van der Waals surface area contributed by atoms with Crippen molar-refractivity contribution in [2.75, 3.05) is 18.8 Å². The van der Waals surface area contributed by atoms with Gasteiger partial charge in [0.1, 0.15) is 5.25 Å². The van der Waals surface area contributed by atoms with Crippen LogP contribution in [0, 0.1) is 0 Å². The predicted octanol–water partition coefficient (Wildman–Crippen LogP) is 2.29. The first-order valence-corrected chi connectivity index (χ1v) is 8.83. The van der Waals surface area contributed by atoms with Crippen molar-refractivity contribution in [1.82, 2.24) is 10.2 Å². The Kier molecular flexibility index (Phi) is 3.87. The van der Waals surface area contributed by atoms with Crippen LogP contribution in [0.4, 0.5) is 0 Å². The van der Waals surface area contributed by atoms with E-state index in [-0.39, 0.29) is 11.3 Å². The average molecular weight is 296 g/mol. The van der Waals surface area contributed by atoms with Crippen molar-refractivity contribution in [3.8, 4) is 0 Å². The molecule has 5 heteroatoms. The molecule has 0 bridgehead atoms. The number of hydrogen-bond acceptors (Lipinski definition) is 4. The van der Waals surface area contributed by atoms with Gasteiger partial charge in [-0.05, 0) is 43.0 Å². The number of carbonyl (C=O) groups excluding carboxylic acids is 1. The minimum atomic E-state index is 0.0303. The minimum Gasteiger partial charge on any atom is -0.336 e. The molecule has 1 N–H and O–H groups in total. The minimum absolute atomic E-state index is 0.0303. The van der Waals surface area contributed by atoms with Gasteiger partial charge in [0.2, 0.25) is 5.91 Å². The summed E-state index contributed by atoms with van der Waals surface area (Å²) in [6, 6.07) is 2.81. The zero-order valence-corrected chi connectivity index (χ0v) is 13.0. The Balaban J connectivity index is 1.82. The Labute approximate surface area is 122 Å². The number of carbonyl (C=O) groups is 1. The highest BCUT2D eigenvalue weighted by Gasteiger charge is 2.35. The van der Waals surface area contributed by atoms with Crippen molar-refractivity contribution in [2.45, 2.75) is 37.6 Å². The summed E-state index contributed by atoms with van der Waals surface area (Å²) in [5.41, 5.74) is 1.27. The second-order valence-corrected chi connectivity index (χ2v) is 7.53. The number of nitrogens with one attached hydrogen (secondary N) is 1. The van der Waals surface area contributed by atoms with Crippen LogP contribution in [0.5, 0.6) is 0 Å². The lowest BCUT2D eigenvalue weighted by Gasteiger charge is -2.40. The van der Waals surface area contributed by atoms with Crippen LogP contribution in [-0.2, 0) is 11.2 Å². The number of thioether (sulfide) groups is 1. The first kappa shape index (κ1) is 13.5. The Morgan fingerprint density at radius 3 is 3.16 bits per heavy atom. The summed E-state index contributed by atoms with van der Waals surface area (Å²) in [6.07, 6.45) is 1.12. The molecular formula is C14H20N2OS2. The third kappa shape index (κ3) is 2.43. The van der Waals surface area contributed by atoms with E-state index in [1.165, 1.54) is 10.4 Å². The highest BCUT2D eigenvalue weighted by atomic mass is 32.2. The van der Waals surface area contributed by atoms with Crippen LogP contribution in [-0.4, -0.2) is 41.7 Å². The molecule has 2 aliphatic rings. The lowest BCUT2D eigenvalue weighted by Crippen LogP contribution is -2.58. The highest BCUT2D eigenvalue weighted by molar-refractivity contribution is 8.00. The molecule has 0 saturated carbocycles. The molecule has 1 amide bonds. The van der Waals surface area contributed by atoms with Crippen molar-refractivity contribution >= 4 is 29.0 Å². The van der Waals surface area contributed by atoms with Gasteiger partial charge >= 0.3 is 0 Å². The van der Waals surface area contributed by atoms with Crippen LogP contribution >= 0.6 is 23.1 Å². The summed E-state index contributed by atoms with van der Waals surface area (Å²) in [5, 5.41) is 5.59. The summed E-state index contributed by atoms with van der Waals surface area (Å²) in [7, 11) is 0. The summed E-state index contributed by atoms with van der Waals surface area (Å²) in [6.45, 7) is 6.05. The first-order valence-electron chi connectivity index (χ1n) is 6.90. The lowest BCUT2D eigenvalue weighted by atomic mass is 10.0. The number of nitrogens with zero attached hydrogens (tertiary/aromatic N) is 1. The normalized spacial score (nSPS) is 31.1. The van der Waals surface area contributed by atoms with Crippen LogP contribution in [0.1, 0.15) is 29.5 Å². The predicted molar refractivity (Wildman–Crippen MR) is 81.9 cm³/mol. The van der Waals surface area contributed by atoms with Gasteiger partial charge in [0, 0.05) is 30.1 Å². The Morgan fingerprint density at radius 1 is 1.47 bits per heavy atom. The molecule has 3 atom stereocenters. The molecule has 3 rings (SSSR count). The summed E-state index contributed by atoms with van der Waals surface area (Å²) < 4.78 is 0. The molecule has 3 nitrogen and oxygen atoms in total. The van der Waals surface area contributed by atoms with E-state index >= 15 is 0 Å². The smallest absolute Gasteiger partial charge is 0.240 e. The zero-order chi connectivity index (χ0) is 13.4. The molecule has 0 aliphatic carbocycles. The van der Waals surface area contributed by atoms with Crippen LogP contribution in [0.2, 0.25) is 0 Å². The average Bonchev–Trinajstić information content (AvgIpc) is 2.89. The molecule has 1 fully saturated rings. The van der Waals surface area contributed by atoms with Crippen molar-refractivity contribution < 1.29 is 4.79 Å². The van der Waals surface area contributed by atoms with Crippen LogP contribution < -0.4 is 5.32 Å². The van der Waals surface area contributed by atoms with E-state index in [9.17, 15) is 4.79 Å². The van der Waals surface area contributed by atoms with E-state index in [2.05, 4.69) is 35.5 Å². The number of aryl methyl sites for hydroxylation is 1. The molecule has 1 aromatic rings. The van der Waals surface area contributed by atoms with Gasteiger partial charge in [-0.1, -0.05) is 0 Å². The van der Waals surface area contributed by atoms with Crippen molar-refractivity contribution in [2.24, 2.45) is 0 Å². The van der Waals surface area contributed by atoms with Crippen LogP contribution in [0.3, 0.4) is 0 Å². The molecule has 19 heavy (non-hydrogen) atoms. The number of piperazine rings is 1. The second kappa shape index (κ2) is 5.46. The molecule has 104 valence electrons. The highest BCUT2D eigenvalue weighted by Crippen LogP contribution is 2.40. The molecule has 3 heterocycles. The molecule has 0 aromatic carbocycles. The topological polar surface area (TPSA) is 32.3 Å². The fourth-order valence-electron chi connectivity index (χ4n) is 2.87. The molecule has 2 aliphatic heterocycles. The molecule has 1 aromatic heterocycles. The third-order valence-electron chi connectivity index (χ3n) is 4.22. The molecule has 0 spiro atoms. The van der Waals surface area contributed by atoms with E-state index in [0.717, 1.165) is 25.3 Å². The standard InChI is InChI=1S/C14H20N2OS2/c1-9-10(2)16(6-5-15-9)14(17)13-11-3-7-18-12(11)4-8-19-13/h3,7,9-10,13,15H,4-6,8H2,1-2H3. The number of amides is 1. The number of rotatable bonds is 1. The van der Waals surface area contributed by atoms with Gasteiger partial charge in [0.05, 0.1) is 0 Å². The van der Waals surface area contributed by atoms with E-state index in [1.807, 2.05) is 11.8 Å².